The van der Waals surface area contributed by atoms with Gasteiger partial charge >= 0.3 is 0 Å². The van der Waals surface area contributed by atoms with Gasteiger partial charge in [0.15, 0.2) is 5.90 Å². The van der Waals surface area contributed by atoms with Gasteiger partial charge in [0, 0.05) is 18.4 Å². The van der Waals surface area contributed by atoms with Gasteiger partial charge in [0.2, 0.25) is 0 Å². The molecule has 1 heterocycles. The lowest BCUT2D eigenvalue weighted by Gasteiger charge is -2.36. The van der Waals surface area contributed by atoms with Crippen LogP contribution in [0.15, 0.2) is 4.99 Å². The Bertz CT molecular complexity index is 292. The number of aliphatic imine (C=N–C) groups is 1. The van der Waals surface area contributed by atoms with Crippen molar-refractivity contribution >= 4 is 5.90 Å². The smallest absolute Gasteiger partial charge is 0.186 e. The summed E-state index contributed by atoms with van der Waals surface area (Å²) in [6, 6.07) is -0.379. The molecule has 0 aromatic carbocycles. The van der Waals surface area contributed by atoms with E-state index >= 15 is 0 Å². The van der Waals surface area contributed by atoms with E-state index in [2.05, 4.69) is 4.99 Å². The second kappa shape index (κ2) is 4.31. The number of aliphatic hydroxyl groups is 3. The van der Waals surface area contributed by atoms with Crippen LogP contribution in [0.25, 0.3) is 0 Å². The minimum Gasteiger partial charge on any atom is -0.475 e. The molecule has 0 bridgehead atoms. The number of fused-ring (bicyclic) bond motifs is 1. The van der Waals surface area contributed by atoms with Gasteiger partial charge in [0.1, 0.15) is 18.2 Å². The molecular weight excluding hydrogens is 210 g/mol. The molecule has 0 aromatic rings. The molecule has 16 heavy (non-hydrogen) atoms. The topological polar surface area (TPSA) is 82.3 Å². The normalized spacial score (nSPS) is 42.9. The SMILES string of the molecule is CC(C)C1=N[C@@H]2[C@@H](O)[C@H](O)[C@@H](CO)C[C@@H]2O1. The van der Waals surface area contributed by atoms with E-state index in [1.165, 1.54) is 0 Å². The van der Waals surface area contributed by atoms with E-state index < -0.39 is 12.2 Å². The van der Waals surface area contributed by atoms with Crippen LogP contribution in [0, 0.1) is 11.8 Å². The fraction of sp³-hybridized carbons (Fsp3) is 0.909. The zero-order valence-corrected chi connectivity index (χ0v) is 9.58. The Morgan fingerprint density at radius 2 is 2.06 bits per heavy atom. The maximum absolute atomic E-state index is 9.90. The van der Waals surface area contributed by atoms with Gasteiger partial charge in [-0.25, -0.2) is 4.99 Å². The Kier molecular flexibility index (Phi) is 3.19. The molecule has 5 heteroatoms. The molecule has 0 spiro atoms. The van der Waals surface area contributed by atoms with Crippen molar-refractivity contribution in [2.45, 2.75) is 44.6 Å². The average molecular weight is 229 g/mol. The van der Waals surface area contributed by atoms with Crippen LogP contribution in [-0.4, -0.2) is 52.2 Å². The minimum absolute atomic E-state index is 0.137. The van der Waals surface area contributed by atoms with E-state index in [9.17, 15) is 10.2 Å². The van der Waals surface area contributed by atoms with E-state index in [1.54, 1.807) is 0 Å². The fourth-order valence-corrected chi connectivity index (χ4v) is 2.36. The summed E-state index contributed by atoms with van der Waals surface area (Å²) in [5.74, 6) is 0.500. The maximum atomic E-state index is 9.90. The lowest BCUT2D eigenvalue weighted by atomic mass is 9.80. The molecule has 3 N–H and O–H groups in total. The average Bonchev–Trinajstić information content (AvgIpc) is 2.67. The van der Waals surface area contributed by atoms with Crippen LogP contribution in [0.1, 0.15) is 20.3 Å². The maximum Gasteiger partial charge on any atom is 0.186 e. The third kappa shape index (κ3) is 1.83. The van der Waals surface area contributed by atoms with Crippen molar-refractivity contribution in [1.29, 1.82) is 0 Å². The summed E-state index contributed by atoms with van der Waals surface area (Å²) in [6.45, 7) is 3.81. The molecule has 0 saturated heterocycles. The van der Waals surface area contributed by atoms with Crippen molar-refractivity contribution in [3.05, 3.63) is 0 Å². The summed E-state index contributed by atoms with van der Waals surface area (Å²) in [6.07, 6.45) is -1.51. The summed E-state index contributed by atoms with van der Waals surface area (Å²) in [5.41, 5.74) is 0. The number of hydrogen-bond acceptors (Lipinski definition) is 5. The number of aliphatic hydroxyl groups excluding tert-OH is 3. The standard InChI is InChI=1S/C11H19NO4/c1-5(2)11-12-8-7(16-11)3-6(4-13)9(14)10(8)15/h5-10,13-15H,3-4H2,1-2H3/t6-,7+,8+,9-,10-/m1/s1. The highest BCUT2D eigenvalue weighted by molar-refractivity contribution is 5.80. The Labute approximate surface area is 94.8 Å². The highest BCUT2D eigenvalue weighted by Gasteiger charge is 2.47. The number of hydrogen-bond donors (Lipinski definition) is 3. The van der Waals surface area contributed by atoms with Crippen molar-refractivity contribution in [3.63, 3.8) is 0 Å². The van der Waals surface area contributed by atoms with Crippen LogP contribution in [0.5, 0.6) is 0 Å². The Balaban J connectivity index is 2.14. The molecule has 0 amide bonds. The van der Waals surface area contributed by atoms with Gasteiger partial charge in [-0.1, -0.05) is 13.8 Å². The van der Waals surface area contributed by atoms with Gasteiger partial charge in [-0.2, -0.15) is 0 Å². The highest BCUT2D eigenvalue weighted by Crippen LogP contribution is 2.33. The molecular formula is C11H19NO4. The molecule has 92 valence electrons. The van der Waals surface area contributed by atoms with E-state index in [0.29, 0.717) is 12.3 Å². The molecule has 0 unspecified atom stereocenters. The zero-order valence-electron chi connectivity index (χ0n) is 9.58. The molecule has 1 aliphatic heterocycles. The monoisotopic (exact) mass is 229 g/mol. The van der Waals surface area contributed by atoms with E-state index in [0.717, 1.165) is 0 Å². The third-order valence-corrected chi connectivity index (χ3v) is 3.38. The van der Waals surface area contributed by atoms with Crippen LogP contribution in [0.4, 0.5) is 0 Å². The summed E-state index contributed by atoms with van der Waals surface area (Å²) in [4.78, 5) is 4.31. The van der Waals surface area contributed by atoms with Gasteiger partial charge in [-0.05, 0) is 6.42 Å². The Morgan fingerprint density at radius 1 is 1.38 bits per heavy atom. The second-order valence-electron chi connectivity index (χ2n) is 4.93. The van der Waals surface area contributed by atoms with Crippen molar-refractivity contribution in [2.75, 3.05) is 6.61 Å². The molecule has 2 rings (SSSR count). The quantitative estimate of drug-likeness (QED) is 0.598. The van der Waals surface area contributed by atoms with Crippen molar-refractivity contribution in [1.82, 2.24) is 0 Å². The van der Waals surface area contributed by atoms with E-state index in [1.807, 2.05) is 13.8 Å². The van der Waals surface area contributed by atoms with E-state index in [4.69, 9.17) is 9.84 Å². The molecule has 0 aromatic heterocycles. The van der Waals surface area contributed by atoms with Crippen molar-refractivity contribution in [2.24, 2.45) is 16.8 Å². The van der Waals surface area contributed by atoms with Crippen LogP contribution in [-0.2, 0) is 4.74 Å². The molecule has 1 fully saturated rings. The molecule has 5 nitrogen and oxygen atoms in total. The largest absolute Gasteiger partial charge is 0.475 e. The molecule has 5 atom stereocenters. The van der Waals surface area contributed by atoms with Gasteiger partial charge in [-0.15, -0.1) is 0 Å². The van der Waals surface area contributed by atoms with Gasteiger partial charge < -0.3 is 20.1 Å². The molecule has 1 aliphatic carbocycles. The summed E-state index contributed by atoms with van der Waals surface area (Å²) in [7, 11) is 0. The van der Waals surface area contributed by atoms with Gasteiger partial charge in [0.25, 0.3) is 0 Å². The Hall–Kier alpha value is -0.650. The summed E-state index contributed by atoms with van der Waals surface area (Å²) < 4.78 is 5.65. The number of rotatable bonds is 2. The molecule has 2 aliphatic rings. The van der Waals surface area contributed by atoms with Gasteiger partial charge in [-0.3, -0.25) is 0 Å². The molecule has 1 saturated carbocycles. The summed E-state index contributed by atoms with van der Waals surface area (Å²) >= 11 is 0. The van der Waals surface area contributed by atoms with Crippen molar-refractivity contribution < 1.29 is 20.1 Å². The number of nitrogens with zero attached hydrogens (tertiary/aromatic N) is 1. The first-order valence-corrected chi connectivity index (χ1v) is 5.76. The van der Waals surface area contributed by atoms with Crippen LogP contribution >= 0.6 is 0 Å². The van der Waals surface area contributed by atoms with Crippen LogP contribution < -0.4 is 0 Å². The Morgan fingerprint density at radius 3 is 2.62 bits per heavy atom. The predicted molar refractivity (Wildman–Crippen MR) is 58.1 cm³/mol. The van der Waals surface area contributed by atoms with Gasteiger partial charge in [0.05, 0.1) is 6.10 Å². The third-order valence-electron chi connectivity index (χ3n) is 3.38. The lowest BCUT2D eigenvalue weighted by molar-refractivity contribution is -0.0949. The zero-order chi connectivity index (χ0) is 11.9. The van der Waals surface area contributed by atoms with Crippen LogP contribution in [0.2, 0.25) is 0 Å². The van der Waals surface area contributed by atoms with E-state index in [-0.39, 0.29) is 30.6 Å². The first kappa shape index (κ1) is 11.8. The number of ether oxygens (including phenoxy) is 1. The summed E-state index contributed by atoms with van der Waals surface area (Å²) in [5, 5.41) is 28.8. The first-order chi connectivity index (χ1) is 7.54. The minimum atomic E-state index is -0.938. The van der Waals surface area contributed by atoms with Crippen molar-refractivity contribution in [3.8, 4) is 0 Å². The highest BCUT2D eigenvalue weighted by atomic mass is 16.5. The predicted octanol–water partition coefficient (Wildman–Crippen LogP) is -0.458. The second-order valence-corrected chi connectivity index (χ2v) is 4.93. The van der Waals surface area contributed by atoms with Crippen LogP contribution in [0.3, 0.4) is 0 Å². The first-order valence-electron chi connectivity index (χ1n) is 5.76. The fourth-order valence-electron chi connectivity index (χ4n) is 2.36. The molecule has 0 radical (unpaired) electrons. The lowest BCUT2D eigenvalue weighted by Crippen LogP contribution is -2.52.